The van der Waals surface area contributed by atoms with Gasteiger partial charge in [0.2, 0.25) is 0 Å². The summed E-state index contributed by atoms with van der Waals surface area (Å²) >= 11 is 0. The SMILES string of the molecule is CCn1ncc(C(=O)O)c1-c1ccccc1F. The second-order valence-electron chi connectivity index (χ2n) is 3.51. The summed E-state index contributed by atoms with van der Waals surface area (Å²) in [6.07, 6.45) is 1.24. The van der Waals surface area contributed by atoms with Crippen molar-refractivity contribution in [3.63, 3.8) is 0 Å². The second kappa shape index (κ2) is 4.37. The first-order valence-corrected chi connectivity index (χ1v) is 5.19. The highest BCUT2D eigenvalue weighted by Gasteiger charge is 2.19. The van der Waals surface area contributed by atoms with E-state index in [0.29, 0.717) is 12.2 Å². The maximum Gasteiger partial charge on any atom is 0.339 e. The molecule has 0 atom stereocenters. The van der Waals surface area contributed by atoms with Gasteiger partial charge in [-0.2, -0.15) is 5.10 Å². The molecule has 2 rings (SSSR count). The Hall–Kier alpha value is -2.17. The number of aryl methyl sites for hydroxylation is 1. The fraction of sp³-hybridized carbons (Fsp3) is 0.167. The van der Waals surface area contributed by atoms with Crippen molar-refractivity contribution in [2.45, 2.75) is 13.5 Å². The molecule has 0 radical (unpaired) electrons. The zero-order valence-electron chi connectivity index (χ0n) is 9.22. The molecule has 88 valence electrons. The summed E-state index contributed by atoms with van der Waals surface area (Å²) in [4.78, 5) is 11.1. The van der Waals surface area contributed by atoms with E-state index in [1.165, 1.54) is 16.9 Å². The number of aromatic carboxylic acids is 1. The van der Waals surface area contributed by atoms with Gasteiger partial charge < -0.3 is 5.11 Å². The highest BCUT2D eigenvalue weighted by molar-refractivity contribution is 5.94. The van der Waals surface area contributed by atoms with Crippen LogP contribution in [0, 0.1) is 5.82 Å². The summed E-state index contributed by atoms with van der Waals surface area (Å²) < 4.78 is 15.2. The third-order valence-corrected chi connectivity index (χ3v) is 2.50. The Bertz CT molecular complexity index is 563. The van der Waals surface area contributed by atoms with Gasteiger partial charge in [-0.25, -0.2) is 9.18 Å². The summed E-state index contributed by atoms with van der Waals surface area (Å²) in [5.41, 5.74) is 0.569. The van der Waals surface area contributed by atoms with Gasteiger partial charge in [-0.05, 0) is 19.1 Å². The van der Waals surface area contributed by atoms with Crippen molar-refractivity contribution < 1.29 is 14.3 Å². The molecule has 1 heterocycles. The minimum absolute atomic E-state index is 0.0111. The molecule has 0 aliphatic rings. The van der Waals surface area contributed by atoms with E-state index in [1.54, 1.807) is 18.2 Å². The number of carbonyl (C=O) groups is 1. The fourth-order valence-electron chi connectivity index (χ4n) is 1.72. The Balaban J connectivity index is 2.69. The molecule has 0 fully saturated rings. The number of hydrogen-bond acceptors (Lipinski definition) is 2. The van der Waals surface area contributed by atoms with Crippen LogP contribution < -0.4 is 0 Å². The van der Waals surface area contributed by atoms with Crippen molar-refractivity contribution in [3.05, 3.63) is 41.8 Å². The quantitative estimate of drug-likeness (QED) is 0.887. The molecule has 0 saturated heterocycles. The van der Waals surface area contributed by atoms with Gasteiger partial charge in [0, 0.05) is 12.1 Å². The lowest BCUT2D eigenvalue weighted by Gasteiger charge is -2.07. The Kier molecular flexibility index (Phi) is 2.91. The maximum atomic E-state index is 13.7. The largest absolute Gasteiger partial charge is 0.478 e. The van der Waals surface area contributed by atoms with Gasteiger partial charge in [0.25, 0.3) is 0 Å². The average molecular weight is 234 g/mol. The van der Waals surface area contributed by atoms with Crippen LogP contribution in [0.25, 0.3) is 11.3 Å². The molecule has 0 amide bonds. The number of hydrogen-bond donors (Lipinski definition) is 1. The van der Waals surface area contributed by atoms with Crippen LogP contribution in [0.2, 0.25) is 0 Å². The maximum absolute atomic E-state index is 13.7. The highest BCUT2D eigenvalue weighted by atomic mass is 19.1. The normalized spacial score (nSPS) is 10.5. The zero-order valence-corrected chi connectivity index (χ0v) is 9.22. The van der Waals surface area contributed by atoms with Gasteiger partial charge in [0.15, 0.2) is 0 Å². The Morgan fingerprint density at radius 3 is 2.76 bits per heavy atom. The van der Waals surface area contributed by atoms with Gasteiger partial charge >= 0.3 is 5.97 Å². The van der Waals surface area contributed by atoms with Crippen molar-refractivity contribution in [2.24, 2.45) is 0 Å². The Morgan fingerprint density at radius 1 is 1.47 bits per heavy atom. The van der Waals surface area contributed by atoms with Crippen LogP contribution in [0.15, 0.2) is 30.5 Å². The summed E-state index contributed by atoms with van der Waals surface area (Å²) in [7, 11) is 0. The number of aromatic nitrogens is 2. The van der Waals surface area contributed by atoms with Crippen LogP contribution in [0.5, 0.6) is 0 Å². The molecule has 17 heavy (non-hydrogen) atoms. The third kappa shape index (κ3) is 1.91. The number of benzene rings is 1. The number of halogens is 1. The molecule has 4 nitrogen and oxygen atoms in total. The van der Waals surface area contributed by atoms with Crippen LogP contribution in [-0.2, 0) is 6.54 Å². The average Bonchev–Trinajstić information content (AvgIpc) is 2.73. The van der Waals surface area contributed by atoms with E-state index in [9.17, 15) is 9.18 Å². The molecule has 0 unspecified atom stereocenters. The predicted octanol–water partition coefficient (Wildman–Crippen LogP) is 2.41. The minimum Gasteiger partial charge on any atom is -0.478 e. The molecular weight excluding hydrogens is 223 g/mol. The molecule has 5 heteroatoms. The lowest BCUT2D eigenvalue weighted by Crippen LogP contribution is -2.04. The standard InChI is InChI=1S/C12H11FN2O2/c1-2-15-11(9(7-14-15)12(16)17)8-5-3-4-6-10(8)13/h3-7H,2H2,1H3,(H,16,17). The second-order valence-corrected chi connectivity index (χ2v) is 3.51. The molecule has 1 aromatic carbocycles. The van der Waals surface area contributed by atoms with Crippen molar-refractivity contribution in [2.75, 3.05) is 0 Å². The van der Waals surface area contributed by atoms with Crippen molar-refractivity contribution in [1.29, 1.82) is 0 Å². The van der Waals surface area contributed by atoms with E-state index >= 15 is 0 Å². The molecule has 0 bridgehead atoms. The summed E-state index contributed by atoms with van der Waals surface area (Å²) in [5.74, 6) is -1.56. The van der Waals surface area contributed by atoms with E-state index < -0.39 is 11.8 Å². The topological polar surface area (TPSA) is 55.1 Å². The first-order valence-electron chi connectivity index (χ1n) is 5.19. The molecule has 0 aliphatic heterocycles. The van der Waals surface area contributed by atoms with Crippen LogP contribution in [0.1, 0.15) is 17.3 Å². The van der Waals surface area contributed by atoms with E-state index in [-0.39, 0.29) is 11.1 Å². The van der Waals surface area contributed by atoms with Crippen LogP contribution in [0.3, 0.4) is 0 Å². The van der Waals surface area contributed by atoms with Gasteiger partial charge in [0.05, 0.1) is 11.9 Å². The van der Waals surface area contributed by atoms with Crippen molar-refractivity contribution >= 4 is 5.97 Å². The van der Waals surface area contributed by atoms with Gasteiger partial charge in [-0.15, -0.1) is 0 Å². The smallest absolute Gasteiger partial charge is 0.339 e. The van der Waals surface area contributed by atoms with Gasteiger partial charge in [-0.1, -0.05) is 12.1 Å². The van der Waals surface area contributed by atoms with Crippen molar-refractivity contribution in [1.82, 2.24) is 9.78 Å². The predicted molar refractivity (Wildman–Crippen MR) is 60.3 cm³/mol. The van der Waals surface area contributed by atoms with Crippen molar-refractivity contribution in [3.8, 4) is 11.3 Å². The molecule has 2 aromatic rings. The van der Waals surface area contributed by atoms with Gasteiger partial charge in [0.1, 0.15) is 11.4 Å². The Labute approximate surface area is 97.3 Å². The van der Waals surface area contributed by atoms with E-state index in [4.69, 9.17) is 5.11 Å². The van der Waals surface area contributed by atoms with Crippen LogP contribution >= 0.6 is 0 Å². The molecule has 1 N–H and O–H groups in total. The summed E-state index contributed by atoms with van der Waals surface area (Å²) in [6.45, 7) is 2.31. The van der Waals surface area contributed by atoms with Gasteiger partial charge in [-0.3, -0.25) is 4.68 Å². The monoisotopic (exact) mass is 234 g/mol. The number of carboxylic acids is 1. The minimum atomic E-state index is -1.11. The molecular formula is C12H11FN2O2. The number of carboxylic acid groups (broad SMARTS) is 1. The lowest BCUT2D eigenvalue weighted by atomic mass is 10.1. The summed E-state index contributed by atoms with van der Waals surface area (Å²) in [6, 6.07) is 6.07. The fourth-order valence-corrected chi connectivity index (χ4v) is 1.72. The lowest BCUT2D eigenvalue weighted by molar-refractivity contribution is 0.0697. The first kappa shape index (κ1) is 11.3. The Morgan fingerprint density at radius 2 is 2.18 bits per heavy atom. The summed E-state index contributed by atoms with van der Waals surface area (Å²) in [5, 5.41) is 13.0. The van der Waals surface area contributed by atoms with Crippen LogP contribution in [0.4, 0.5) is 4.39 Å². The number of nitrogens with zero attached hydrogens (tertiary/aromatic N) is 2. The molecule has 0 spiro atoms. The molecule has 0 aliphatic carbocycles. The van der Waals surface area contributed by atoms with E-state index in [1.807, 2.05) is 6.92 Å². The highest BCUT2D eigenvalue weighted by Crippen LogP contribution is 2.26. The molecule has 0 saturated carbocycles. The first-order chi connectivity index (χ1) is 8.15. The zero-order chi connectivity index (χ0) is 12.4. The molecule has 1 aromatic heterocycles. The van der Waals surface area contributed by atoms with E-state index in [2.05, 4.69) is 5.10 Å². The van der Waals surface area contributed by atoms with E-state index in [0.717, 1.165) is 0 Å². The number of rotatable bonds is 3. The van der Waals surface area contributed by atoms with Crippen LogP contribution in [-0.4, -0.2) is 20.9 Å². The third-order valence-electron chi connectivity index (χ3n) is 2.50.